The number of likely N-dealkylation sites (tertiary alicyclic amines) is 1. The summed E-state index contributed by atoms with van der Waals surface area (Å²) >= 11 is 0. The molecule has 6 rings (SSSR count). The number of pyridine rings is 1. The van der Waals surface area contributed by atoms with E-state index in [9.17, 15) is 9.59 Å². The van der Waals surface area contributed by atoms with Crippen LogP contribution in [0, 0.1) is 12.8 Å². The van der Waals surface area contributed by atoms with Crippen molar-refractivity contribution >= 4 is 17.8 Å². The zero-order valence-electron chi connectivity index (χ0n) is 19.9. The first-order valence-electron chi connectivity index (χ1n) is 12.2. The number of aromatic nitrogens is 1. The van der Waals surface area contributed by atoms with Gasteiger partial charge in [-0.1, -0.05) is 44.2 Å². The number of fused-ring (bicyclic) bond motifs is 1. The monoisotopic (exact) mass is 461 g/mol. The Bertz CT molecular complexity index is 1150. The van der Waals surface area contributed by atoms with E-state index in [0.717, 1.165) is 49.4 Å². The zero-order chi connectivity index (χ0) is 23.6. The van der Waals surface area contributed by atoms with Crippen LogP contribution in [0.2, 0.25) is 0 Å². The van der Waals surface area contributed by atoms with Gasteiger partial charge in [-0.3, -0.25) is 15.0 Å². The molecule has 8 nitrogen and oxygen atoms in total. The summed E-state index contributed by atoms with van der Waals surface area (Å²) in [5.41, 5.74) is 3.46. The highest BCUT2D eigenvalue weighted by Gasteiger charge is 2.51. The molecule has 3 saturated heterocycles. The predicted molar refractivity (Wildman–Crippen MR) is 127 cm³/mol. The maximum atomic E-state index is 12.6. The Labute approximate surface area is 199 Å². The van der Waals surface area contributed by atoms with E-state index in [2.05, 4.69) is 33.4 Å². The smallest absolute Gasteiger partial charge is 0.322 e. The molecule has 0 aliphatic carbocycles. The van der Waals surface area contributed by atoms with Crippen LogP contribution < -0.4 is 15.5 Å². The Kier molecular flexibility index (Phi) is 4.93. The van der Waals surface area contributed by atoms with Crippen LogP contribution in [-0.4, -0.2) is 53.7 Å². The summed E-state index contributed by atoms with van der Waals surface area (Å²) in [6.07, 6.45) is 4.30. The average Bonchev–Trinajstić information content (AvgIpc) is 3.12. The molecule has 2 N–H and O–H groups in total. The molecule has 0 saturated carbocycles. The number of nitrogens with zero attached hydrogens (tertiary/aromatic N) is 3. The van der Waals surface area contributed by atoms with Gasteiger partial charge in [0.05, 0.1) is 0 Å². The normalized spacial score (nSPS) is 30.6. The molecule has 3 amide bonds. The number of imide groups is 1. The first kappa shape index (κ1) is 21.6. The zero-order valence-corrected chi connectivity index (χ0v) is 19.9. The number of urea groups is 1. The summed E-state index contributed by atoms with van der Waals surface area (Å²) in [7, 11) is 0. The SMILES string of the molecule is Cc1cnc2c(c1)CCN2C1CCN(C2OC2c2ccc([C@@]3(C(C)C)NC(=O)NC3=O)cc2)C1. The Hall–Kier alpha value is -2.97. The number of aryl methyl sites for hydroxylation is 1. The lowest BCUT2D eigenvalue weighted by molar-refractivity contribution is -0.125. The number of anilines is 1. The molecule has 4 aliphatic rings. The van der Waals surface area contributed by atoms with Crippen LogP contribution in [0.1, 0.15) is 48.6 Å². The van der Waals surface area contributed by atoms with E-state index in [1.54, 1.807) is 0 Å². The summed E-state index contributed by atoms with van der Waals surface area (Å²) in [6.45, 7) is 9.03. The molecule has 5 heterocycles. The maximum Gasteiger partial charge on any atom is 0.322 e. The van der Waals surface area contributed by atoms with Crippen molar-refractivity contribution in [2.24, 2.45) is 5.92 Å². The Balaban J connectivity index is 1.12. The minimum absolute atomic E-state index is 0.0430. The summed E-state index contributed by atoms with van der Waals surface area (Å²) in [6, 6.07) is 10.2. The summed E-state index contributed by atoms with van der Waals surface area (Å²) in [4.78, 5) is 34.1. The highest BCUT2D eigenvalue weighted by atomic mass is 16.6. The second kappa shape index (κ2) is 7.78. The number of benzene rings is 1. The van der Waals surface area contributed by atoms with Gasteiger partial charge in [0.25, 0.3) is 5.91 Å². The van der Waals surface area contributed by atoms with Crippen LogP contribution in [0.4, 0.5) is 10.6 Å². The molecule has 0 spiro atoms. The van der Waals surface area contributed by atoms with Crippen LogP contribution >= 0.6 is 0 Å². The second-order valence-electron chi connectivity index (χ2n) is 10.3. The number of epoxide rings is 1. The van der Waals surface area contributed by atoms with Gasteiger partial charge < -0.3 is 15.0 Å². The van der Waals surface area contributed by atoms with E-state index < -0.39 is 11.6 Å². The fourth-order valence-electron chi connectivity index (χ4n) is 5.99. The van der Waals surface area contributed by atoms with Crippen molar-refractivity contribution in [2.75, 3.05) is 24.5 Å². The molecule has 1 aromatic heterocycles. The fraction of sp³-hybridized carbons (Fsp3) is 0.500. The third-order valence-electron chi connectivity index (χ3n) is 7.89. The maximum absolute atomic E-state index is 12.6. The van der Waals surface area contributed by atoms with Gasteiger partial charge in [0.2, 0.25) is 0 Å². The van der Waals surface area contributed by atoms with Gasteiger partial charge in [-0.25, -0.2) is 9.78 Å². The van der Waals surface area contributed by atoms with Gasteiger partial charge in [-0.05, 0) is 47.9 Å². The van der Waals surface area contributed by atoms with Crippen LogP contribution in [0.15, 0.2) is 36.5 Å². The summed E-state index contributed by atoms with van der Waals surface area (Å²) in [5.74, 6) is 0.783. The van der Waals surface area contributed by atoms with Crippen molar-refractivity contribution in [3.63, 3.8) is 0 Å². The van der Waals surface area contributed by atoms with Crippen LogP contribution in [0.5, 0.6) is 0 Å². The van der Waals surface area contributed by atoms with Crippen molar-refractivity contribution in [3.05, 3.63) is 58.8 Å². The van der Waals surface area contributed by atoms with Gasteiger partial charge in [0.1, 0.15) is 23.7 Å². The van der Waals surface area contributed by atoms with E-state index in [0.29, 0.717) is 6.04 Å². The highest BCUT2D eigenvalue weighted by molar-refractivity contribution is 6.07. The highest BCUT2D eigenvalue weighted by Crippen LogP contribution is 2.44. The Morgan fingerprint density at radius 1 is 1.18 bits per heavy atom. The standard InChI is InChI=1S/C26H31N5O3/c1-15(2)26(24(32)28-25(33)29-26)19-6-4-17(5-7-19)21-23(34-21)30-10-9-20(14-30)31-11-8-18-12-16(3)13-27-22(18)31/h4-7,12-13,15,20-21,23H,8-11,14H2,1-3H3,(H2,28,29,32,33)/t20?,21?,23?,26-/m1/s1. The summed E-state index contributed by atoms with van der Waals surface area (Å²) in [5, 5.41) is 5.23. The molecule has 1 aromatic carbocycles. The first-order valence-corrected chi connectivity index (χ1v) is 12.2. The lowest BCUT2D eigenvalue weighted by Crippen LogP contribution is -2.48. The Morgan fingerprint density at radius 2 is 1.97 bits per heavy atom. The molecule has 2 aromatic rings. The van der Waals surface area contributed by atoms with Gasteiger partial charge >= 0.3 is 6.03 Å². The third kappa shape index (κ3) is 3.31. The van der Waals surface area contributed by atoms with Crippen molar-refractivity contribution in [2.45, 2.75) is 57.5 Å². The molecule has 34 heavy (non-hydrogen) atoms. The van der Waals surface area contributed by atoms with Gasteiger partial charge in [0.15, 0.2) is 0 Å². The van der Waals surface area contributed by atoms with E-state index in [4.69, 9.17) is 9.72 Å². The van der Waals surface area contributed by atoms with E-state index in [1.807, 2.05) is 44.3 Å². The van der Waals surface area contributed by atoms with Crippen LogP contribution in [-0.2, 0) is 21.5 Å². The number of carbonyl (C=O) groups is 2. The second-order valence-corrected chi connectivity index (χ2v) is 10.3. The quantitative estimate of drug-likeness (QED) is 0.526. The molecule has 0 radical (unpaired) electrons. The van der Waals surface area contributed by atoms with Crippen molar-refractivity contribution in [1.82, 2.24) is 20.5 Å². The molecular formula is C26H31N5O3. The average molecular weight is 462 g/mol. The predicted octanol–water partition coefficient (Wildman–Crippen LogP) is 2.62. The lowest BCUT2D eigenvalue weighted by Gasteiger charge is -2.30. The molecule has 0 bridgehead atoms. The van der Waals surface area contributed by atoms with Crippen molar-refractivity contribution in [3.8, 4) is 0 Å². The minimum atomic E-state index is -1.03. The largest absolute Gasteiger partial charge is 0.352 e. The molecule has 4 atom stereocenters. The molecule has 3 unspecified atom stereocenters. The number of carbonyl (C=O) groups excluding carboxylic acids is 2. The van der Waals surface area contributed by atoms with Gasteiger partial charge in [0, 0.05) is 31.9 Å². The van der Waals surface area contributed by atoms with Crippen LogP contribution in [0.25, 0.3) is 0 Å². The molecule has 4 aliphatic heterocycles. The van der Waals surface area contributed by atoms with Crippen molar-refractivity contribution < 1.29 is 14.3 Å². The van der Waals surface area contributed by atoms with E-state index in [-0.39, 0.29) is 24.2 Å². The number of rotatable bonds is 5. The first-order chi connectivity index (χ1) is 16.4. The lowest BCUT2D eigenvalue weighted by atomic mass is 9.79. The number of hydrogen-bond donors (Lipinski definition) is 2. The Morgan fingerprint density at radius 3 is 2.68 bits per heavy atom. The number of amides is 3. The minimum Gasteiger partial charge on any atom is -0.352 e. The van der Waals surface area contributed by atoms with Gasteiger partial charge in [-0.15, -0.1) is 0 Å². The fourth-order valence-corrected chi connectivity index (χ4v) is 5.99. The van der Waals surface area contributed by atoms with E-state index in [1.165, 1.54) is 11.1 Å². The van der Waals surface area contributed by atoms with Crippen LogP contribution in [0.3, 0.4) is 0 Å². The molecule has 3 fully saturated rings. The number of ether oxygens (including phenoxy) is 1. The third-order valence-corrected chi connectivity index (χ3v) is 7.89. The number of hydrogen-bond acceptors (Lipinski definition) is 6. The summed E-state index contributed by atoms with van der Waals surface area (Å²) < 4.78 is 6.10. The molecule has 8 heteroatoms. The number of nitrogens with one attached hydrogen (secondary N) is 2. The molecular weight excluding hydrogens is 430 g/mol. The van der Waals surface area contributed by atoms with Gasteiger partial charge in [-0.2, -0.15) is 0 Å². The molecule has 178 valence electrons. The van der Waals surface area contributed by atoms with E-state index >= 15 is 0 Å². The van der Waals surface area contributed by atoms with Crippen molar-refractivity contribution in [1.29, 1.82) is 0 Å². The topological polar surface area (TPSA) is 90.1 Å².